The fraction of sp³-hybridized carbons (Fsp3) is 0.643. The lowest BCUT2D eigenvalue weighted by atomic mass is 9.80. The summed E-state index contributed by atoms with van der Waals surface area (Å²) in [6.45, 7) is 7.99. The van der Waals surface area contributed by atoms with Crippen molar-refractivity contribution >= 4 is 5.69 Å². The summed E-state index contributed by atoms with van der Waals surface area (Å²) in [6, 6.07) is 2.06. The minimum atomic E-state index is 0.433. The summed E-state index contributed by atoms with van der Waals surface area (Å²) in [7, 11) is 2.21. The maximum Gasteiger partial charge on any atom is 0.0400 e. The van der Waals surface area contributed by atoms with E-state index in [0.717, 1.165) is 6.54 Å². The number of hydrogen-bond donors (Lipinski definition) is 1. The molecular weight excluding hydrogens is 210 g/mol. The summed E-state index contributed by atoms with van der Waals surface area (Å²) in [5.41, 5.74) is 2.88. The van der Waals surface area contributed by atoms with Crippen molar-refractivity contribution in [2.24, 2.45) is 5.41 Å². The van der Waals surface area contributed by atoms with Crippen molar-refractivity contribution in [3.63, 3.8) is 0 Å². The van der Waals surface area contributed by atoms with Crippen LogP contribution in [-0.2, 0) is 0 Å². The van der Waals surface area contributed by atoms with Crippen LogP contribution < -0.4 is 5.32 Å². The summed E-state index contributed by atoms with van der Waals surface area (Å²) in [5.74, 6) is 0. The minimum absolute atomic E-state index is 0.433. The number of anilines is 1. The molecule has 0 aromatic carbocycles. The molecule has 0 saturated carbocycles. The van der Waals surface area contributed by atoms with Crippen LogP contribution in [0.15, 0.2) is 18.5 Å². The molecule has 2 heterocycles. The Labute approximate surface area is 104 Å². The average Bonchev–Trinajstić information content (AvgIpc) is 2.33. The number of aryl methyl sites for hydroxylation is 1. The van der Waals surface area contributed by atoms with Gasteiger partial charge in [-0.2, -0.15) is 0 Å². The second-order valence-corrected chi connectivity index (χ2v) is 5.66. The van der Waals surface area contributed by atoms with E-state index in [9.17, 15) is 0 Å². The van der Waals surface area contributed by atoms with Crippen LogP contribution in [0.3, 0.4) is 0 Å². The lowest BCUT2D eigenvalue weighted by Gasteiger charge is -2.38. The standard InChI is InChI=1S/C14H23N3/c1-12-10-15-7-4-13(12)16-11-14(2)5-8-17(3)9-6-14/h4,7,10H,5-6,8-9,11H2,1-3H3,(H,15,16). The second-order valence-electron chi connectivity index (χ2n) is 5.66. The van der Waals surface area contributed by atoms with E-state index < -0.39 is 0 Å². The maximum absolute atomic E-state index is 4.12. The van der Waals surface area contributed by atoms with Gasteiger partial charge in [-0.3, -0.25) is 4.98 Å². The topological polar surface area (TPSA) is 28.2 Å². The molecule has 3 nitrogen and oxygen atoms in total. The van der Waals surface area contributed by atoms with Gasteiger partial charge in [-0.05, 0) is 56.9 Å². The number of nitrogens with one attached hydrogen (secondary N) is 1. The van der Waals surface area contributed by atoms with Crippen LogP contribution in [0.2, 0.25) is 0 Å². The zero-order valence-electron chi connectivity index (χ0n) is 11.2. The van der Waals surface area contributed by atoms with E-state index >= 15 is 0 Å². The Morgan fingerprint density at radius 3 is 2.76 bits per heavy atom. The summed E-state index contributed by atoms with van der Waals surface area (Å²) in [6.07, 6.45) is 6.33. The van der Waals surface area contributed by atoms with Crippen LogP contribution in [-0.4, -0.2) is 36.6 Å². The molecule has 1 aromatic rings. The first-order chi connectivity index (χ1) is 8.09. The highest BCUT2D eigenvalue weighted by atomic mass is 15.1. The summed E-state index contributed by atoms with van der Waals surface area (Å²) in [5, 5.41) is 3.58. The number of rotatable bonds is 3. The fourth-order valence-electron chi connectivity index (χ4n) is 2.32. The molecule has 3 heteroatoms. The predicted octanol–water partition coefficient (Wildman–Crippen LogP) is 2.53. The molecule has 17 heavy (non-hydrogen) atoms. The zero-order valence-corrected chi connectivity index (χ0v) is 11.2. The van der Waals surface area contributed by atoms with Crippen molar-refractivity contribution in [1.82, 2.24) is 9.88 Å². The molecule has 1 aliphatic rings. The molecule has 0 amide bonds. The quantitative estimate of drug-likeness (QED) is 0.869. The number of aromatic nitrogens is 1. The maximum atomic E-state index is 4.12. The van der Waals surface area contributed by atoms with Crippen LogP contribution >= 0.6 is 0 Å². The second kappa shape index (κ2) is 5.05. The fourth-order valence-corrected chi connectivity index (χ4v) is 2.32. The van der Waals surface area contributed by atoms with Gasteiger partial charge in [0.05, 0.1) is 0 Å². The van der Waals surface area contributed by atoms with E-state index in [4.69, 9.17) is 0 Å². The van der Waals surface area contributed by atoms with Gasteiger partial charge in [0.25, 0.3) is 0 Å². The Morgan fingerprint density at radius 1 is 1.41 bits per heavy atom. The van der Waals surface area contributed by atoms with Gasteiger partial charge in [0.2, 0.25) is 0 Å². The van der Waals surface area contributed by atoms with E-state index in [0.29, 0.717) is 5.41 Å². The van der Waals surface area contributed by atoms with E-state index in [1.165, 1.54) is 37.2 Å². The molecule has 0 unspecified atom stereocenters. The SMILES string of the molecule is Cc1cnccc1NCC1(C)CCN(C)CC1. The highest BCUT2D eigenvalue weighted by Gasteiger charge is 2.28. The lowest BCUT2D eigenvalue weighted by molar-refractivity contribution is 0.150. The van der Waals surface area contributed by atoms with Crippen molar-refractivity contribution in [2.75, 3.05) is 32.0 Å². The molecule has 0 aliphatic carbocycles. The summed E-state index contributed by atoms with van der Waals surface area (Å²) >= 11 is 0. The molecular formula is C14H23N3. The Kier molecular flexibility index (Phi) is 3.67. The summed E-state index contributed by atoms with van der Waals surface area (Å²) < 4.78 is 0. The van der Waals surface area contributed by atoms with E-state index in [2.05, 4.69) is 42.2 Å². The first-order valence-electron chi connectivity index (χ1n) is 6.42. The van der Waals surface area contributed by atoms with Crippen molar-refractivity contribution < 1.29 is 0 Å². The smallest absolute Gasteiger partial charge is 0.0400 e. The van der Waals surface area contributed by atoms with E-state index in [-0.39, 0.29) is 0 Å². The number of pyridine rings is 1. The van der Waals surface area contributed by atoms with E-state index in [1.807, 2.05) is 12.4 Å². The van der Waals surface area contributed by atoms with Gasteiger partial charge in [0, 0.05) is 24.6 Å². The Balaban J connectivity index is 1.92. The molecule has 0 radical (unpaired) electrons. The van der Waals surface area contributed by atoms with Gasteiger partial charge in [-0.1, -0.05) is 6.92 Å². The highest BCUT2D eigenvalue weighted by molar-refractivity contribution is 5.48. The summed E-state index contributed by atoms with van der Waals surface area (Å²) in [4.78, 5) is 6.54. The third-order valence-electron chi connectivity index (χ3n) is 3.92. The number of hydrogen-bond acceptors (Lipinski definition) is 3. The highest BCUT2D eigenvalue weighted by Crippen LogP contribution is 2.30. The molecule has 0 atom stereocenters. The normalized spacial score (nSPS) is 20.2. The Bertz CT molecular complexity index is 367. The first kappa shape index (κ1) is 12.4. The Morgan fingerprint density at radius 2 is 2.12 bits per heavy atom. The van der Waals surface area contributed by atoms with Crippen molar-refractivity contribution in [3.8, 4) is 0 Å². The molecule has 2 rings (SSSR count). The number of nitrogens with zero attached hydrogens (tertiary/aromatic N) is 2. The van der Waals surface area contributed by atoms with Gasteiger partial charge in [-0.15, -0.1) is 0 Å². The molecule has 0 spiro atoms. The molecule has 1 fully saturated rings. The average molecular weight is 233 g/mol. The van der Waals surface area contributed by atoms with Gasteiger partial charge in [-0.25, -0.2) is 0 Å². The van der Waals surface area contributed by atoms with Gasteiger partial charge < -0.3 is 10.2 Å². The lowest BCUT2D eigenvalue weighted by Crippen LogP contribution is -2.40. The molecule has 0 bridgehead atoms. The third-order valence-corrected chi connectivity index (χ3v) is 3.92. The first-order valence-corrected chi connectivity index (χ1v) is 6.42. The predicted molar refractivity (Wildman–Crippen MR) is 72.3 cm³/mol. The molecule has 1 aromatic heterocycles. The van der Waals surface area contributed by atoms with Crippen molar-refractivity contribution in [2.45, 2.75) is 26.7 Å². The third kappa shape index (κ3) is 3.19. The number of piperidine rings is 1. The van der Waals surface area contributed by atoms with Crippen LogP contribution in [0.25, 0.3) is 0 Å². The number of likely N-dealkylation sites (tertiary alicyclic amines) is 1. The zero-order chi connectivity index (χ0) is 12.3. The molecule has 1 aliphatic heterocycles. The van der Waals surface area contributed by atoms with Crippen LogP contribution in [0, 0.1) is 12.3 Å². The van der Waals surface area contributed by atoms with E-state index in [1.54, 1.807) is 0 Å². The van der Waals surface area contributed by atoms with Gasteiger partial charge >= 0.3 is 0 Å². The van der Waals surface area contributed by atoms with Gasteiger partial charge in [0.1, 0.15) is 0 Å². The van der Waals surface area contributed by atoms with Crippen molar-refractivity contribution in [1.29, 1.82) is 0 Å². The Hall–Kier alpha value is -1.09. The van der Waals surface area contributed by atoms with Crippen LogP contribution in [0.5, 0.6) is 0 Å². The monoisotopic (exact) mass is 233 g/mol. The van der Waals surface area contributed by atoms with Crippen LogP contribution in [0.1, 0.15) is 25.3 Å². The van der Waals surface area contributed by atoms with Gasteiger partial charge in [0.15, 0.2) is 0 Å². The molecule has 1 saturated heterocycles. The molecule has 1 N–H and O–H groups in total. The molecule has 94 valence electrons. The van der Waals surface area contributed by atoms with Crippen molar-refractivity contribution in [3.05, 3.63) is 24.0 Å². The minimum Gasteiger partial charge on any atom is -0.384 e. The van der Waals surface area contributed by atoms with Crippen LogP contribution in [0.4, 0.5) is 5.69 Å². The largest absolute Gasteiger partial charge is 0.384 e.